The van der Waals surface area contributed by atoms with Crippen LogP contribution in [0.15, 0.2) is 12.4 Å². The zero-order valence-electron chi connectivity index (χ0n) is 6.69. The molecular weight excluding hydrogens is 192 g/mol. The van der Waals surface area contributed by atoms with E-state index in [-0.39, 0.29) is 6.54 Å². The molecule has 0 atom stereocenters. The molecule has 0 radical (unpaired) electrons. The predicted octanol–water partition coefficient (Wildman–Crippen LogP) is -0.647. The van der Waals surface area contributed by atoms with Gasteiger partial charge in [0.1, 0.15) is 5.82 Å². The van der Waals surface area contributed by atoms with E-state index < -0.39 is 15.8 Å². The van der Waals surface area contributed by atoms with Crippen LogP contribution in [-0.2, 0) is 16.6 Å². The van der Waals surface area contributed by atoms with Crippen molar-refractivity contribution in [2.24, 2.45) is 0 Å². The van der Waals surface area contributed by atoms with Crippen LogP contribution >= 0.6 is 0 Å². The van der Waals surface area contributed by atoms with Gasteiger partial charge in [0.05, 0.1) is 12.6 Å². The molecule has 0 aromatic carbocycles. The molecule has 13 heavy (non-hydrogen) atoms. The van der Waals surface area contributed by atoms with Crippen molar-refractivity contribution < 1.29 is 8.42 Å². The molecule has 6 nitrogen and oxygen atoms in total. The number of aromatic amines is 1. The van der Waals surface area contributed by atoms with Crippen molar-refractivity contribution in [1.29, 1.82) is 5.26 Å². The van der Waals surface area contributed by atoms with E-state index in [1.54, 1.807) is 12.3 Å². The van der Waals surface area contributed by atoms with Crippen molar-refractivity contribution in [3.8, 4) is 6.07 Å². The summed E-state index contributed by atoms with van der Waals surface area (Å²) in [6, 6.07) is 1.56. The lowest BCUT2D eigenvalue weighted by atomic mass is 10.6. The number of hydrogen-bond donors (Lipinski definition) is 2. The Kier molecular flexibility index (Phi) is 3.00. The molecule has 70 valence electrons. The second-order valence-corrected chi connectivity index (χ2v) is 4.08. The van der Waals surface area contributed by atoms with Crippen LogP contribution in [0.25, 0.3) is 0 Å². The first-order chi connectivity index (χ1) is 6.14. The molecule has 0 bridgehead atoms. The zero-order chi connectivity index (χ0) is 9.73. The summed E-state index contributed by atoms with van der Waals surface area (Å²) in [4.78, 5) is 6.54. The second kappa shape index (κ2) is 4.02. The van der Waals surface area contributed by atoms with Gasteiger partial charge in [-0.15, -0.1) is 0 Å². The van der Waals surface area contributed by atoms with Crippen molar-refractivity contribution in [2.45, 2.75) is 6.54 Å². The molecule has 0 fully saturated rings. The first-order valence-electron chi connectivity index (χ1n) is 3.46. The van der Waals surface area contributed by atoms with Gasteiger partial charge in [-0.3, -0.25) is 0 Å². The number of imidazole rings is 1. The average Bonchev–Trinajstić information content (AvgIpc) is 2.52. The maximum atomic E-state index is 11.0. The summed E-state index contributed by atoms with van der Waals surface area (Å²) in [6.45, 7) is 0.0804. The quantitative estimate of drug-likeness (QED) is 0.674. The highest BCUT2D eigenvalue weighted by atomic mass is 32.2. The number of nitrogens with one attached hydrogen (secondary N) is 2. The molecule has 0 unspecified atom stereocenters. The van der Waals surface area contributed by atoms with Gasteiger partial charge in [0.25, 0.3) is 0 Å². The maximum absolute atomic E-state index is 11.0. The van der Waals surface area contributed by atoms with E-state index in [1.165, 1.54) is 6.20 Å². The van der Waals surface area contributed by atoms with Crippen LogP contribution in [-0.4, -0.2) is 24.1 Å². The van der Waals surface area contributed by atoms with Gasteiger partial charge in [0.15, 0.2) is 5.75 Å². The molecule has 1 aromatic heterocycles. The van der Waals surface area contributed by atoms with Crippen molar-refractivity contribution in [1.82, 2.24) is 14.7 Å². The number of hydrogen-bond acceptors (Lipinski definition) is 4. The zero-order valence-corrected chi connectivity index (χ0v) is 7.50. The Labute approximate surface area is 75.7 Å². The van der Waals surface area contributed by atoms with E-state index in [9.17, 15) is 8.42 Å². The Bertz CT molecular complexity index is 389. The highest BCUT2D eigenvalue weighted by Crippen LogP contribution is 1.90. The Hall–Kier alpha value is -1.39. The van der Waals surface area contributed by atoms with Crippen LogP contribution < -0.4 is 4.72 Å². The molecule has 0 saturated heterocycles. The van der Waals surface area contributed by atoms with Crippen molar-refractivity contribution in [3.05, 3.63) is 18.2 Å². The topological polar surface area (TPSA) is 98.6 Å². The average molecular weight is 200 g/mol. The van der Waals surface area contributed by atoms with E-state index >= 15 is 0 Å². The summed E-state index contributed by atoms with van der Waals surface area (Å²) in [5.74, 6) is -0.0187. The van der Waals surface area contributed by atoms with Gasteiger partial charge < -0.3 is 4.98 Å². The molecule has 0 saturated carbocycles. The van der Waals surface area contributed by atoms with E-state index in [1.807, 2.05) is 0 Å². The Balaban J connectivity index is 2.49. The van der Waals surface area contributed by atoms with E-state index in [4.69, 9.17) is 5.26 Å². The minimum Gasteiger partial charge on any atom is -0.347 e. The Morgan fingerprint density at radius 2 is 2.46 bits per heavy atom. The van der Waals surface area contributed by atoms with Gasteiger partial charge in [0.2, 0.25) is 10.0 Å². The number of sulfonamides is 1. The Morgan fingerprint density at radius 3 is 3.00 bits per heavy atom. The van der Waals surface area contributed by atoms with Crippen molar-refractivity contribution in [3.63, 3.8) is 0 Å². The number of nitrogens with zero attached hydrogens (tertiary/aromatic N) is 2. The Morgan fingerprint density at radius 1 is 1.69 bits per heavy atom. The summed E-state index contributed by atoms with van der Waals surface area (Å²) in [6.07, 6.45) is 3.11. The lowest BCUT2D eigenvalue weighted by Gasteiger charge is -1.99. The molecular formula is C6H8N4O2S. The van der Waals surface area contributed by atoms with Crippen molar-refractivity contribution >= 4 is 10.0 Å². The van der Waals surface area contributed by atoms with Crippen LogP contribution in [0.5, 0.6) is 0 Å². The van der Waals surface area contributed by atoms with E-state index in [0.717, 1.165) is 0 Å². The summed E-state index contributed by atoms with van der Waals surface area (Å²) >= 11 is 0. The molecule has 7 heteroatoms. The van der Waals surface area contributed by atoms with Gasteiger partial charge in [-0.05, 0) is 0 Å². The largest absolute Gasteiger partial charge is 0.347 e. The van der Waals surface area contributed by atoms with E-state index in [0.29, 0.717) is 5.82 Å². The highest BCUT2D eigenvalue weighted by molar-refractivity contribution is 7.89. The summed E-state index contributed by atoms with van der Waals surface area (Å²) in [5.41, 5.74) is 0. The molecule has 2 N–H and O–H groups in total. The predicted molar refractivity (Wildman–Crippen MR) is 44.8 cm³/mol. The standard InChI is InChI=1S/C6H8N4O2S/c7-1-4-13(11,12)10-5-6-8-2-3-9-6/h2-3,10H,4-5H2,(H,8,9). The maximum Gasteiger partial charge on any atom is 0.225 e. The fraction of sp³-hybridized carbons (Fsp3) is 0.333. The molecule has 1 rings (SSSR count). The highest BCUT2D eigenvalue weighted by Gasteiger charge is 2.08. The third kappa shape index (κ3) is 3.23. The number of H-pyrrole nitrogens is 1. The first-order valence-corrected chi connectivity index (χ1v) is 5.12. The minimum absolute atomic E-state index is 0.0804. The summed E-state index contributed by atoms with van der Waals surface area (Å²) < 4.78 is 24.1. The molecule has 1 heterocycles. The SMILES string of the molecule is N#CCS(=O)(=O)NCc1ncc[nH]1. The molecule has 1 aromatic rings. The van der Waals surface area contributed by atoms with Gasteiger partial charge in [-0.1, -0.05) is 0 Å². The second-order valence-electron chi connectivity index (χ2n) is 2.27. The number of nitriles is 1. The lowest BCUT2D eigenvalue weighted by molar-refractivity contribution is 0.583. The van der Waals surface area contributed by atoms with Gasteiger partial charge in [-0.2, -0.15) is 5.26 Å². The molecule has 0 aliphatic heterocycles. The van der Waals surface area contributed by atoms with Gasteiger partial charge in [-0.25, -0.2) is 18.1 Å². The monoisotopic (exact) mass is 200 g/mol. The third-order valence-corrected chi connectivity index (χ3v) is 2.36. The smallest absolute Gasteiger partial charge is 0.225 e. The lowest BCUT2D eigenvalue weighted by Crippen LogP contribution is -2.25. The fourth-order valence-electron chi connectivity index (χ4n) is 0.709. The van der Waals surface area contributed by atoms with Crippen LogP contribution in [0.2, 0.25) is 0 Å². The summed E-state index contributed by atoms with van der Waals surface area (Å²) in [7, 11) is -3.48. The van der Waals surface area contributed by atoms with Gasteiger partial charge in [0, 0.05) is 12.4 Å². The van der Waals surface area contributed by atoms with Crippen LogP contribution in [0.4, 0.5) is 0 Å². The normalized spacial score (nSPS) is 11.0. The molecule has 0 spiro atoms. The van der Waals surface area contributed by atoms with Crippen LogP contribution in [0, 0.1) is 11.3 Å². The number of aromatic nitrogens is 2. The third-order valence-electron chi connectivity index (χ3n) is 1.27. The van der Waals surface area contributed by atoms with Gasteiger partial charge >= 0.3 is 0 Å². The number of rotatable bonds is 4. The minimum atomic E-state index is -3.48. The van der Waals surface area contributed by atoms with E-state index in [2.05, 4.69) is 14.7 Å². The molecule has 0 aliphatic carbocycles. The first kappa shape index (κ1) is 9.70. The van der Waals surface area contributed by atoms with Crippen LogP contribution in [0.1, 0.15) is 5.82 Å². The molecule has 0 amide bonds. The van der Waals surface area contributed by atoms with Crippen LogP contribution in [0.3, 0.4) is 0 Å². The molecule has 0 aliphatic rings. The van der Waals surface area contributed by atoms with Crippen molar-refractivity contribution in [2.75, 3.05) is 5.75 Å². The fourth-order valence-corrected chi connectivity index (χ4v) is 1.34. The summed E-state index contributed by atoms with van der Waals surface area (Å²) in [5, 5.41) is 8.17.